The summed E-state index contributed by atoms with van der Waals surface area (Å²) in [4.78, 5) is 12.5. The first kappa shape index (κ1) is 14.9. The van der Waals surface area contributed by atoms with Crippen LogP contribution < -0.4 is 5.73 Å². The van der Waals surface area contributed by atoms with Gasteiger partial charge in [0.2, 0.25) is 5.91 Å². The monoisotopic (exact) mass is 293 g/mol. The molecular weight excluding hydrogens is 274 g/mol. The maximum atomic E-state index is 11.0. The van der Waals surface area contributed by atoms with Gasteiger partial charge in [0.05, 0.1) is 6.61 Å². The first-order valence-corrected chi connectivity index (χ1v) is 8.67. The highest BCUT2D eigenvalue weighted by Gasteiger charge is 2.37. The van der Waals surface area contributed by atoms with Crippen molar-refractivity contribution in [3.63, 3.8) is 0 Å². The van der Waals surface area contributed by atoms with Gasteiger partial charge in [0, 0.05) is 5.57 Å². The van der Waals surface area contributed by atoms with Gasteiger partial charge in [-0.2, -0.15) is 0 Å². The van der Waals surface area contributed by atoms with Gasteiger partial charge in [-0.05, 0) is 23.1 Å². The second kappa shape index (κ2) is 5.27. The first-order valence-electron chi connectivity index (χ1n) is 4.85. The lowest BCUT2D eigenvalue weighted by molar-refractivity contribution is -0.114. The zero-order valence-corrected chi connectivity index (χ0v) is 12.6. The molecule has 2 N–H and O–H groups in total. The van der Waals surface area contributed by atoms with E-state index in [4.69, 9.17) is 10.2 Å². The highest BCUT2D eigenvalue weighted by atomic mass is 79.9. The number of rotatable bonds is 4. The van der Waals surface area contributed by atoms with Gasteiger partial charge in [0.1, 0.15) is 0 Å². The van der Waals surface area contributed by atoms with E-state index in [1.165, 1.54) is 4.99 Å². The number of carbonyl (C=O) groups excluding carboxylic acids is 1. The zero-order chi connectivity index (χ0) is 12.3. The van der Waals surface area contributed by atoms with Gasteiger partial charge in [-0.3, -0.25) is 4.79 Å². The summed E-state index contributed by atoms with van der Waals surface area (Å²) in [5.41, 5.74) is 5.66. The fraction of sp³-hybridized carbons (Fsp3) is 0.700. The largest absolute Gasteiger partial charge is 0.412 e. The Bertz CT molecular complexity index is 269. The van der Waals surface area contributed by atoms with Crippen molar-refractivity contribution in [2.24, 2.45) is 5.73 Å². The van der Waals surface area contributed by atoms with Crippen LogP contribution in [0.15, 0.2) is 10.6 Å². The van der Waals surface area contributed by atoms with E-state index in [-0.39, 0.29) is 11.6 Å². The summed E-state index contributed by atoms with van der Waals surface area (Å²) in [6.07, 6.45) is 0. The Morgan fingerprint density at radius 3 is 2.20 bits per heavy atom. The van der Waals surface area contributed by atoms with Gasteiger partial charge in [-0.25, -0.2) is 0 Å². The van der Waals surface area contributed by atoms with Crippen LogP contribution in [0.1, 0.15) is 20.8 Å². The minimum Gasteiger partial charge on any atom is -0.412 e. The predicted octanol–water partition coefficient (Wildman–Crippen LogP) is 2.77. The Kier molecular flexibility index (Phi) is 5.23. The van der Waals surface area contributed by atoms with E-state index in [0.29, 0.717) is 5.57 Å². The van der Waals surface area contributed by atoms with E-state index in [9.17, 15) is 4.79 Å². The zero-order valence-electron chi connectivity index (χ0n) is 10.1. The van der Waals surface area contributed by atoms with Gasteiger partial charge < -0.3 is 10.2 Å². The molecule has 0 rings (SSSR count). The molecule has 0 unspecified atom stereocenters. The summed E-state index contributed by atoms with van der Waals surface area (Å²) < 4.78 is 5.85. The molecule has 1 amide bonds. The van der Waals surface area contributed by atoms with Crippen LogP contribution in [0.3, 0.4) is 0 Å². The summed E-state index contributed by atoms with van der Waals surface area (Å²) in [6, 6.07) is 0. The molecular formula is C10H20BrNO2Si. The Morgan fingerprint density at radius 1 is 1.47 bits per heavy atom. The normalized spacial score (nSPS) is 14.1. The number of halogens is 1. The summed E-state index contributed by atoms with van der Waals surface area (Å²) in [5, 5.41) is 0.141. The summed E-state index contributed by atoms with van der Waals surface area (Å²) in [7, 11) is -1.80. The standard InChI is InChI=1S/C10H20BrNO2Si/c1-10(2,3)15(4,5)14-7-8(6-11)9(12)13/h6H,7H2,1-5H3,(H2,12,13)/b8-6-. The van der Waals surface area contributed by atoms with Gasteiger partial charge in [0.15, 0.2) is 8.32 Å². The third-order valence-electron chi connectivity index (χ3n) is 2.84. The lowest BCUT2D eigenvalue weighted by Gasteiger charge is -2.36. The van der Waals surface area contributed by atoms with E-state index in [1.807, 2.05) is 0 Å². The van der Waals surface area contributed by atoms with E-state index in [2.05, 4.69) is 49.8 Å². The highest BCUT2D eigenvalue weighted by Crippen LogP contribution is 2.36. The average molecular weight is 294 g/mol. The lowest BCUT2D eigenvalue weighted by Crippen LogP contribution is -2.41. The minimum atomic E-state index is -1.80. The maximum Gasteiger partial charge on any atom is 0.247 e. The van der Waals surface area contributed by atoms with Crippen LogP contribution in [-0.4, -0.2) is 20.8 Å². The van der Waals surface area contributed by atoms with Gasteiger partial charge in [-0.15, -0.1) is 0 Å². The molecule has 0 heterocycles. The summed E-state index contributed by atoms with van der Waals surface area (Å²) in [5.74, 6) is -0.439. The van der Waals surface area contributed by atoms with Crippen molar-refractivity contribution in [2.45, 2.75) is 38.9 Å². The van der Waals surface area contributed by atoms with Crippen molar-refractivity contribution in [3.8, 4) is 0 Å². The average Bonchev–Trinajstić information content (AvgIpc) is 2.02. The van der Waals surface area contributed by atoms with Crippen LogP contribution in [0.5, 0.6) is 0 Å². The molecule has 0 spiro atoms. The Morgan fingerprint density at radius 2 is 1.93 bits per heavy atom. The van der Waals surface area contributed by atoms with Crippen LogP contribution in [0, 0.1) is 0 Å². The number of hydrogen-bond donors (Lipinski definition) is 1. The Balaban J connectivity index is 4.46. The maximum absolute atomic E-state index is 11.0. The van der Waals surface area contributed by atoms with Crippen molar-refractivity contribution in [2.75, 3.05) is 6.61 Å². The number of carbonyl (C=O) groups is 1. The highest BCUT2D eigenvalue weighted by molar-refractivity contribution is 9.11. The summed E-state index contributed by atoms with van der Waals surface area (Å²) >= 11 is 3.11. The fourth-order valence-corrected chi connectivity index (χ4v) is 1.94. The molecule has 88 valence electrons. The van der Waals surface area contributed by atoms with E-state index >= 15 is 0 Å². The number of amides is 1. The molecule has 0 aromatic carbocycles. The molecule has 0 saturated heterocycles. The third-order valence-corrected chi connectivity index (χ3v) is 7.87. The fourth-order valence-electron chi connectivity index (χ4n) is 0.631. The van der Waals surface area contributed by atoms with Crippen LogP contribution in [0.25, 0.3) is 0 Å². The molecule has 0 bridgehead atoms. The molecule has 0 fully saturated rings. The third kappa shape index (κ3) is 4.48. The minimum absolute atomic E-state index is 0.141. The second-order valence-corrected chi connectivity index (χ2v) is 10.3. The number of nitrogens with two attached hydrogens (primary N) is 1. The first-order chi connectivity index (χ1) is 6.62. The molecule has 0 radical (unpaired) electrons. The molecule has 0 aliphatic heterocycles. The summed E-state index contributed by atoms with van der Waals surface area (Å²) in [6.45, 7) is 11.0. The topological polar surface area (TPSA) is 52.3 Å². The number of primary amides is 1. The molecule has 0 saturated carbocycles. The van der Waals surface area contributed by atoms with E-state index in [1.54, 1.807) is 0 Å². The Labute approximate surface area is 101 Å². The van der Waals surface area contributed by atoms with Crippen LogP contribution in [0.2, 0.25) is 18.1 Å². The Hall–Kier alpha value is -0.133. The molecule has 0 aliphatic rings. The molecule has 0 aliphatic carbocycles. The van der Waals surface area contributed by atoms with Gasteiger partial charge >= 0.3 is 0 Å². The molecule has 5 heteroatoms. The second-order valence-electron chi connectivity index (χ2n) is 5.05. The van der Waals surface area contributed by atoms with Crippen LogP contribution in [0.4, 0.5) is 0 Å². The molecule has 3 nitrogen and oxygen atoms in total. The molecule has 0 aromatic heterocycles. The van der Waals surface area contributed by atoms with Crippen LogP contribution >= 0.6 is 15.9 Å². The predicted molar refractivity (Wildman–Crippen MR) is 69.4 cm³/mol. The van der Waals surface area contributed by atoms with Crippen molar-refractivity contribution in [1.29, 1.82) is 0 Å². The van der Waals surface area contributed by atoms with Crippen molar-refractivity contribution < 1.29 is 9.22 Å². The lowest BCUT2D eigenvalue weighted by atomic mass is 10.2. The molecule has 0 aromatic rings. The van der Waals surface area contributed by atoms with Gasteiger partial charge in [-0.1, -0.05) is 36.7 Å². The smallest absolute Gasteiger partial charge is 0.247 e. The van der Waals surface area contributed by atoms with Crippen LogP contribution in [-0.2, 0) is 9.22 Å². The van der Waals surface area contributed by atoms with Crippen molar-refractivity contribution in [3.05, 3.63) is 10.6 Å². The van der Waals surface area contributed by atoms with Gasteiger partial charge in [0.25, 0.3) is 0 Å². The molecule has 15 heavy (non-hydrogen) atoms. The number of hydrogen-bond acceptors (Lipinski definition) is 2. The SMILES string of the molecule is CC(C)(C)[Si](C)(C)OC/C(=C/Br)C(N)=O. The molecule has 0 atom stereocenters. The van der Waals surface area contributed by atoms with Crippen molar-refractivity contribution in [1.82, 2.24) is 0 Å². The van der Waals surface area contributed by atoms with Crippen molar-refractivity contribution >= 4 is 30.2 Å². The van der Waals surface area contributed by atoms with E-state index < -0.39 is 14.2 Å². The van der Waals surface area contributed by atoms with E-state index in [0.717, 1.165) is 0 Å². The quantitative estimate of drug-likeness (QED) is 0.640.